The van der Waals surface area contributed by atoms with Gasteiger partial charge in [0.05, 0.1) is 50.1 Å². The molecular formula is C17H25NO6S. The van der Waals surface area contributed by atoms with E-state index < -0.39 is 15.6 Å². The molecule has 0 aromatic heterocycles. The SMILES string of the molecule is CCOC[C@H]1C[C@@]2(COCCN2S(=O)(=O)c2ccc(OC)cc2)CO1. The standard InChI is InChI=1S/C17H25NO6S/c1-3-22-11-15-10-17(13-24-15)12-23-9-8-18(17)25(19,20)16-6-4-14(21-2)5-7-16/h4-7,15H,3,8-13H2,1-2H3/t15-,17-/m1/s1. The summed E-state index contributed by atoms with van der Waals surface area (Å²) in [6, 6.07) is 6.46. The summed E-state index contributed by atoms with van der Waals surface area (Å²) < 4.78 is 49.9. The lowest BCUT2D eigenvalue weighted by molar-refractivity contribution is -0.0315. The third kappa shape index (κ3) is 3.68. The Balaban J connectivity index is 1.85. The predicted octanol–water partition coefficient (Wildman–Crippen LogP) is 1.28. The van der Waals surface area contributed by atoms with Crippen LogP contribution in [-0.4, -0.2) is 71.1 Å². The van der Waals surface area contributed by atoms with Gasteiger partial charge >= 0.3 is 0 Å². The molecule has 8 heteroatoms. The molecule has 25 heavy (non-hydrogen) atoms. The molecule has 2 saturated heterocycles. The molecule has 2 aliphatic rings. The number of sulfonamides is 1. The number of nitrogens with zero attached hydrogens (tertiary/aromatic N) is 1. The van der Waals surface area contributed by atoms with Gasteiger partial charge in [0.1, 0.15) is 5.75 Å². The number of ether oxygens (including phenoxy) is 4. The fourth-order valence-electron chi connectivity index (χ4n) is 3.41. The zero-order valence-electron chi connectivity index (χ0n) is 14.6. The Morgan fingerprint density at radius 1 is 1.28 bits per heavy atom. The average Bonchev–Trinajstić information content (AvgIpc) is 3.03. The highest BCUT2D eigenvalue weighted by molar-refractivity contribution is 7.89. The van der Waals surface area contributed by atoms with Gasteiger partial charge in [0, 0.05) is 13.2 Å². The molecule has 2 aliphatic heterocycles. The molecule has 0 N–H and O–H groups in total. The monoisotopic (exact) mass is 371 g/mol. The Labute approximate surface area is 148 Å². The Morgan fingerprint density at radius 2 is 2.04 bits per heavy atom. The van der Waals surface area contributed by atoms with Gasteiger partial charge in [0.2, 0.25) is 10.0 Å². The number of rotatable bonds is 6. The van der Waals surface area contributed by atoms with E-state index in [9.17, 15) is 8.42 Å². The first-order valence-electron chi connectivity index (χ1n) is 8.46. The molecule has 2 heterocycles. The molecule has 1 spiro atoms. The molecule has 0 unspecified atom stereocenters. The number of benzene rings is 1. The van der Waals surface area contributed by atoms with Gasteiger partial charge in [0.25, 0.3) is 0 Å². The summed E-state index contributed by atoms with van der Waals surface area (Å²) in [4.78, 5) is 0.253. The van der Waals surface area contributed by atoms with Crippen LogP contribution in [0.1, 0.15) is 13.3 Å². The second-order valence-electron chi connectivity index (χ2n) is 6.33. The van der Waals surface area contributed by atoms with Crippen molar-refractivity contribution >= 4 is 10.0 Å². The maximum absolute atomic E-state index is 13.2. The molecule has 0 bridgehead atoms. The Bertz CT molecular complexity index is 677. The van der Waals surface area contributed by atoms with E-state index in [0.29, 0.717) is 51.7 Å². The van der Waals surface area contributed by atoms with Crippen LogP contribution in [0.5, 0.6) is 5.75 Å². The van der Waals surface area contributed by atoms with Gasteiger partial charge in [-0.25, -0.2) is 8.42 Å². The summed E-state index contributed by atoms with van der Waals surface area (Å²) in [5.41, 5.74) is -0.668. The first kappa shape index (κ1) is 18.6. The van der Waals surface area contributed by atoms with Crippen molar-refractivity contribution in [3.63, 3.8) is 0 Å². The van der Waals surface area contributed by atoms with Gasteiger partial charge in [0.15, 0.2) is 0 Å². The molecule has 0 aliphatic carbocycles. The predicted molar refractivity (Wildman–Crippen MR) is 91.3 cm³/mol. The minimum atomic E-state index is -3.65. The van der Waals surface area contributed by atoms with Crippen LogP contribution in [0.15, 0.2) is 29.2 Å². The Hall–Kier alpha value is -1.19. The lowest BCUT2D eigenvalue weighted by Gasteiger charge is -2.42. The summed E-state index contributed by atoms with van der Waals surface area (Å²) in [5.74, 6) is 0.622. The second-order valence-corrected chi connectivity index (χ2v) is 8.19. The van der Waals surface area contributed by atoms with Gasteiger partial charge < -0.3 is 18.9 Å². The number of morpholine rings is 1. The van der Waals surface area contributed by atoms with Crippen molar-refractivity contribution in [2.45, 2.75) is 29.9 Å². The van der Waals surface area contributed by atoms with Crippen molar-refractivity contribution in [1.82, 2.24) is 4.31 Å². The van der Waals surface area contributed by atoms with Crippen LogP contribution in [-0.2, 0) is 24.2 Å². The topological polar surface area (TPSA) is 74.3 Å². The Kier molecular flexibility index (Phi) is 5.65. The summed E-state index contributed by atoms with van der Waals surface area (Å²) in [7, 11) is -2.10. The zero-order valence-corrected chi connectivity index (χ0v) is 15.5. The van der Waals surface area contributed by atoms with Gasteiger partial charge in [-0.3, -0.25) is 0 Å². The van der Waals surface area contributed by atoms with E-state index in [0.717, 1.165) is 0 Å². The smallest absolute Gasteiger partial charge is 0.243 e. The van der Waals surface area contributed by atoms with Crippen molar-refractivity contribution in [1.29, 1.82) is 0 Å². The van der Waals surface area contributed by atoms with Crippen molar-refractivity contribution in [3.8, 4) is 5.75 Å². The third-order valence-corrected chi connectivity index (χ3v) is 6.71. The van der Waals surface area contributed by atoms with Crippen LogP contribution < -0.4 is 4.74 Å². The van der Waals surface area contributed by atoms with E-state index in [1.807, 2.05) is 6.92 Å². The van der Waals surface area contributed by atoms with Crippen LogP contribution in [0.3, 0.4) is 0 Å². The van der Waals surface area contributed by atoms with Crippen molar-refractivity contribution in [2.24, 2.45) is 0 Å². The fraction of sp³-hybridized carbons (Fsp3) is 0.647. The molecule has 1 aromatic rings. The number of hydrogen-bond donors (Lipinski definition) is 0. The highest BCUT2D eigenvalue weighted by atomic mass is 32.2. The molecule has 1 aromatic carbocycles. The quantitative estimate of drug-likeness (QED) is 0.750. The lowest BCUT2D eigenvalue weighted by Crippen LogP contribution is -2.59. The van der Waals surface area contributed by atoms with Crippen LogP contribution in [0.4, 0.5) is 0 Å². The first-order chi connectivity index (χ1) is 12.0. The molecule has 3 rings (SSSR count). The van der Waals surface area contributed by atoms with Gasteiger partial charge in [-0.05, 0) is 37.6 Å². The minimum Gasteiger partial charge on any atom is -0.497 e. The van der Waals surface area contributed by atoms with E-state index in [1.54, 1.807) is 35.7 Å². The van der Waals surface area contributed by atoms with Gasteiger partial charge in [-0.15, -0.1) is 0 Å². The van der Waals surface area contributed by atoms with Gasteiger partial charge in [-0.2, -0.15) is 4.31 Å². The van der Waals surface area contributed by atoms with Crippen LogP contribution in [0.2, 0.25) is 0 Å². The van der Waals surface area contributed by atoms with Crippen LogP contribution in [0, 0.1) is 0 Å². The molecule has 0 amide bonds. The van der Waals surface area contributed by atoms with Crippen LogP contribution >= 0.6 is 0 Å². The molecule has 2 atom stereocenters. The maximum Gasteiger partial charge on any atom is 0.243 e. The lowest BCUT2D eigenvalue weighted by atomic mass is 9.96. The fourth-order valence-corrected chi connectivity index (χ4v) is 5.15. The summed E-state index contributed by atoms with van der Waals surface area (Å²) in [6.07, 6.45) is 0.456. The molecule has 2 fully saturated rings. The molecule has 7 nitrogen and oxygen atoms in total. The van der Waals surface area contributed by atoms with E-state index in [2.05, 4.69) is 0 Å². The molecule has 140 valence electrons. The average molecular weight is 371 g/mol. The Morgan fingerprint density at radius 3 is 2.72 bits per heavy atom. The summed E-state index contributed by atoms with van der Waals surface area (Å²) in [5, 5.41) is 0. The molecule has 0 saturated carbocycles. The minimum absolute atomic E-state index is 0.116. The van der Waals surface area contributed by atoms with Crippen LogP contribution in [0.25, 0.3) is 0 Å². The van der Waals surface area contributed by atoms with E-state index in [4.69, 9.17) is 18.9 Å². The zero-order chi connectivity index (χ0) is 17.9. The van der Waals surface area contributed by atoms with Gasteiger partial charge in [-0.1, -0.05) is 0 Å². The number of hydrogen-bond acceptors (Lipinski definition) is 6. The first-order valence-corrected chi connectivity index (χ1v) is 9.90. The molecular weight excluding hydrogens is 346 g/mol. The van der Waals surface area contributed by atoms with Crippen molar-refractivity contribution in [2.75, 3.05) is 46.7 Å². The summed E-state index contributed by atoms with van der Waals surface area (Å²) in [6.45, 7) is 4.36. The van der Waals surface area contributed by atoms with E-state index >= 15 is 0 Å². The van der Waals surface area contributed by atoms with E-state index in [1.165, 1.54) is 0 Å². The highest BCUT2D eigenvalue weighted by Gasteiger charge is 2.51. The summed E-state index contributed by atoms with van der Waals surface area (Å²) >= 11 is 0. The third-order valence-electron chi connectivity index (χ3n) is 4.69. The largest absolute Gasteiger partial charge is 0.497 e. The molecule has 0 radical (unpaired) electrons. The number of methoxy groups -OCH3 is 1. The van der Waals surface area contributed by atoms with E-state index in [-0.39, 0.29) is 11.0 Å². The van der Waals surface area contributed by atoms with Crippen molar-refractivity contribution < 1.29 is 27.4 Å². The van der Waals surface area contributed by atoms with Crippen molar-refractivity contribution in [3.05, 3.63) is 24.3 Å². The second kappa shape index (κ2) is 7.59. The normalized spacial score (nSPS) is 27.7. The highest BCUT2D eigenvalue weighted by Crippen LogP contribution is 2.37. The maximum atomic E-state index is 13.2.